The lowest BCUT2D eigenvalue weighted by molar-refractivity contribution is 0.415. The largest absolute Gasteiger partial charge is 0.495 e. The average Bonchev–Trinajstić information content (AvgIpc) is 2.18. The molecule has 0 spiro atoms. The van der Waals surface area contributed by atoms with E-state index in [9.17, 15) is 8.42 Å². The highest BCUT2D eigenvalue weighted by molar-refractivity contribution is 7.92. The van der Waals surface area contributed by atoms with Gasteiger partial charge in [0.2, 0.25) is 0 Å². The Hall–Kier alpha value is -1.23. The molecule has 0 atom stereocenters. The van der Waals surface area contributed by atoms with Crippen LogP contribution >= 0.6 is 0 Å². The lowest BCUT2D eigenvalue weighted by atomic mass is 10.3. The first-order valence-electron chi connectivity index (χ1n) is 4.57. The number of methoxy groups -OCH3 is 1. The first-order chi connectivity index (χ1) is 6.89. The smallest absolute Gasteiger partial charge is 0.180 e. The standard InChI is InChI=1S/C10H15NO3S/c1-7(2)15(12,13)8-4-5-9(11)10(6-8)14-3/h4-7H,11H2,1-3H3. The summed E-state index contributed by atoms with van der Waals surface area (Å²) in [7, 11) is -1.81. The fraction of sp³-hybridized carbons (Fsp3) is 0.400. The molecule has 1 rings (SSSR count). The lowest BCUT2D eigenvalue weighted by Crippen LogP contribution is -2.14. The molecule has 1 aromatic carbocycles. The number of rotatable bonds is 3. The molecule has 0 heterocycles. The summed E-state index contributed by atoms with van der Waals surface area (Å²) in [4.78, 5) is 0.239. The summed E-state index contributed by atoms with van der Waals surface area (Å²) < 4.78 is 28.6. The van der Waals surface area contributed by atoms with E-state index in [4.69, 9.17) is 10.5 Å². The predicted octanol–water partition coefficient (Wildman–Crippen LogP) is 1.46. The van der Waals surface area contributed by atoms with Crippen molar-refractivity contribution in [3.63, 3.8) is 0 Å². The molecule has 0 aliphatic heterocycles. The van der Waals surface area contributed by atoms with Crippen LogP contribution in [0.1, 0.15) is 13.8 Å². The van der Waals surface area contributed by atoms with E-state index in [-0.39, 0.29) is 4.90 Å². The molecular formula is C10H15NO3S. The first-order valence-corrected chi connectivity index (χ1v) is 6.11. The Morgan fingerprint density at radius 1 is 1.33 bits per heavy atom. The summed E-state index contributed by atoms with van der Waals surface area (Å²) in [5.41, 5.74) is 6.03. The number of hydrogen-bond acceptors (Lipinski definition) is 4. The SMILES string of the molecule is COc1cc(S(=O)(=O)C(C)C)ccc1N. The van der Waals surface area contributed by atoms with Crippen molar-refractivity contribution >= 4 is 15.5 Å². The van der Waals surface area contributed by atoms with E-state index in [2.05, 4.69) is 0 Å². The Morgan fingerprint density at radius 3 is 2.40 bits per heavy atom. The van der Waals surface area contributed by atoms with E-state index in [1.54, 1.807) is 13.8 Å². The summed E-state index contributed by atoms with van der Waals surface area (Å²) in [6.45, 7) is 3.27. The summed E-state index contributed by atoms with van der Waals surface area (Å²) in [6, 6.07) is 4.48. The van der Waals surface area contributed by atoms with Gasteiger partial charge in [-0.2, -0.15) is 0 Å². The Bertz CT molecular complexity index is 452. The maximum Gasteiger partial charge on any atom is 0.180 e. The van der Waals surface area contributed by atoms with Crippen molar-refractivity contribution in [2.24, 2.45) is 0 Å². The first kappa shape index (κ1) is 11.8. The van der Waals surface area contributed by atoms with Crippen molar-refractivity contribution in [3.05, 3.63) is 18.2 Å². The van der Waals surface area contributed by atoms with Crippen LogP contribution in [0.4, 0.5) is 5.69 Å². The second kappa shape index (κ2) is 4.10. The Balaban J connectivity index is 3.29. The van der Waals surface area contributed by atoms with Crippen LogP contribution in [0.5, 0.6) is 5.75 Å². The van der Waals surface area contributed by atoms with E-state index in [0.717, 1.165) is 0 Å². The molecular weight excluding hydrogens is 214 g/mol. The molecule has 5 heteroatoms. The molecule has 1 aromatic rings. The predicted molar refractivity (Wildman–Crippen MR) is 59.7 cm³/mol. The Kier molecular flexibility index (Phi) is 3.24. The highest BCUT2D eigenvalue weighted by atomic mass is 32.2. The molecule has 0 aliphatic rings. The van der Waals surface area contributed by atoms with E-state index in [1.165, 1.54) is 25.3 Å². The van der Waals surface area contributed by atoms with Gasteiger partial charge in [0.25, 0.3) is 0 Å². The topological polar surface area (TPSA) is 69.4 Å². The third kappa shape index (κ3) is 2.23. The van der Waals surface area contributed by atoms with E-state index < -0.39 is 15.1 Å². The Labute approximate surface area is 90.0 Å². The van der Waals surface area contributed by atoms with Crippen LogP contribution in [0.25, 0.3) is 0 Å². The van der Waals surface area contributed by atoms with Crippen molar-refractivity contribution in [3.8, 4) is 5.75 Å². The van der Waals surface area contributed by atoms with Gasteiger partial charge in [-0.25, -0.2) is 8.42 Å². The molecule has 15 heavy (non-hydrogen) atoms. The van der Waals surface area contributed by atoms with Crippen molar-refractivity contribution in [2.45, 2.75) is 24.0 Å². The maximum absolute atomic E-state index is 11.8. The van der Waals surface area contributed by atoms with Crippen LogP contribution in [0.2, 0.25) is 0 Å². The van der Waals surface area contributed by atoms with Gasteiger partial charge in [0, 0.05) is 6.07 Å². The van der Waals surface area contributed by atoms with Gasteiger partial charge in [0.1, 0.15) is 5.75 Å². The number of hydrogen-bond donors (Lipinski definition) is 1. The molecule has 0 bridgehead atoms. The third-order valence-corrected chi connectivity index (χ3v) is 4.31. The molecule has 0 saturated carbocycles. The maximum atomic E-state index is 11.8. The second-order valence-electron chi connectivity index (χ2n) is 3.50. The monoisotopic (exact) mass is 229 g/mol. The van der Waals surface area contributed by atoms with Crippen LogP contribution in [0, 0.1) is 0 Å². The summed E-state index contributed by atoms with van der Waals surface area (Å²) in [5.74, 6) is 0.386. The van der Waals surface area contributed by atoms with E-state index >= 15 is 0 Å². The summed E-state index contributed by atoms with van der Waals surface area (Å²) in [6.07, 6.45) is 0. The summed E-state index contributed by atoms with van der Waals surface area (Å²) >= 11 is 0. The highest BCUT2D eigenvalue weighted by Crippen LogP contribution is 2.26. The van der Waals surface area contributed by atoms with Gasteiger partial charge in [-0.05, 0) is 26.0 Å². The average molecular weight is 229 g/mol. The van der Waals surface area contributed by atoms with Gasteiger partial charge < -0.3 is 10.5 Å². The number of ether oxygens (including phenoxy) is 1. The van der Waals surface area contributed by atoms with Crippen molar-refractivity contribution < 1.29 is 13.2 Å². The number of anilines is 1. The molecule has 0 unspecified atom stereocenters. The van der Waals surface area contributed by atoms with E-state index in [1.807, 2.05) is 0 Å². The number of nitrogens with two attached hydrogens (primary N) is 1. The minimum atomic E-state index is -3.26. The van der Waals surface area contributed by atoms with Crippen LogP contribution in [0.15, 0.2) is 23.1 Å². The molecule has 2 N–H and O–H groups in total. The minimum absolute atomic E-state index is 0.239. The second-order valence-corrected chi connectivity index (χ2v) is 6.00. The fourth-order valence-electron chi connectivity index (χ4n) is 1.14. The zero-order valence-corrected chi connectivity index (χ0v) is 9.84. The van der Waals surface area contributed by atoms with Gasteiger partial charge in [-0.3, -0.25) is 0 Å². The van der Waals surface area contributed by atoms with Gasteiger partial charge in [0.05, 0.1) is 22.9 Å². The highest BCUT2D eigenvalue weighted by Gasteiger charge is 2.20. The number of sulfone groups is 1. The molecule has 0 fully saturated rings. The number of benzene rings is 1. The zero-order chi connectivity index (χ0) is 11.6. The molecule has 0 radical (unpaired) electrons. The van der Waals surface area contributed by atoms with Crippen molar-refractivity contribution in [1.29, 1.82) is 0 Å². The summed E-state index contributed by atoms with van der Waals surface area (Å²) in [5, 5.41) is -0.453. The lowest BCUT2D eigenvalue weighted by Gasteiger charge is -2.10. The fourth-order valence-corrected chi connectivity index (χ4v) is 2.21. The van der Waals surface area contributed by atoms with Gasteiger partial charge in [0.15, 0.2) is 9.84 Å². The zero-order valence-electron chi connectivity index (χ0n) is 9.02. The molecule has 84 valence electrons. The molecule has 4 nitrogen and oxygen atoms in total. The Morgan fingerprint density at radius 2 is 1.93 bits per heavy atom. The minimum Gasteiger partial charge on any atom is -0.495 e. The van der Waals surface area contributed by atoms with Crippen LogP contribution < -0.4 is 10.5 Å². The third-order valence-electron chi connectivity index (χ3n) is 2.15. The normalized spacial score (nSPS) is 11.7. The molecule has 0 aliphatic carbocycles. The van der Waals surface area contributed by atoms with Crippen LogP contribution in [-0.4, -0.2) is 20.8 Å². The van der Waals surface area contributed by atoms with Crippen LogP contribution in [0.3, 0.4) is 0 Å². The van der Waals surface area contributed by atoms with Crippen molar-refractivity contribution in [1.82, 2.24) is 0 Å². The van der Waals surface area contributed by atoms with Crippen LogP contribution in [-0.2, 0) is 9.84 Å². The molecule has 0 amide bonds. The molecule has 0 aromatic heterocycles. The van der Waals surface area contributed by atoms with E-state index in [0.29, 0.717) is 11.4 Å². The molecule has 0 saturated heterocycles. The van der Waals surface area contributed by atoms with Gasteiger partial charge >= 0.3 is 0 Å². The quantitative estimate of drug-likeness (QED) is 0.797. The number of nitrogen functional groups attached to an aromatic ring is 1. The van der Waals surface area contributed by atoms with Gasteiger partial charge in [-0.15, -0.1) is 0 Å². The van der Waals surface area contributed by atoms with Crippen molar-refractivity contribution in [2.75, 3.05) is 12.8 Å². The van der Waals surface area contributed by atoms with Gasteiger partial charge in [-0.1, -0.05) is 0 Å².